The van der Waals surface area contributed by atoms with Crippen LogP contribution in [0.1, 0.15) is 18.1 Å². The maximum atomic E-state index is 12.9. The molecule has 0 saturated heterocycles. The van der Waals surface area contributed by atoms with Crippen LogP contribution < -0.4 is 24.4 Å². The summed E-state index contributed by atoms with van der Waals surface area (Å²) < 4.78 is 17.4. The lowest BCUT2D eigenvalue weighted by molar-refractivity contribution is -0.125. The van der Waals surface area contributed by atoms with E-state index in [0.29, 0.717) is 36.9 Å². The van der Waals surface area contributed by atoms with E-state index < -0.39 is 6.10 Å². The van der Waals surface area contributed by atoms with Gasteiger partial charge in [0.1, 0.15) is 30.5 Å². The molecule has 0 saturated carbocycles. The van der Waals surface area contributed by atoms with Gasteiger partial charge in [0, 0.05) is 11.8 Å². The zero-order chi connectivity index (χ0) is 27.7. The number of ether oxygens (including phenoxy) is 3. The van der Waals surface area contributed by atoms with Gasteiger partial charge in [0.05, 0.1) is 12.2 Å². The van der Waals surface area contributed by atoms with Gasteiger partial charge in [0.15, 0.2) is 6.10 Å². The highest BCUT2D eigenvalue weighted by molar-refractivity contribution is 6.04. The number of carbonyl (C=O) groups is 2. The lowest BCUT2D eigenvalue weighted by Gasteiger charge is -2.33. The Morgan fingerprint density at radius 2 is 1.60 bits per heavy atom. The summed E-state index contributed by atoms with van der Waals surface area (Å²) in [7, 11) is 0. The fraction of sp³-hybridized carbons (Fsp3) is 0.152. The van der Waals surface area contributed by atoms with Crippen LogP contribution >= 0.6 is 0 Å². The topological polar surface area (TPSA) is 77.1 Å². The third-order valence-corrected chi connectivity index (χ3v) is 6.32. The molecule has 1 aliphatic heterocycles. The van der Waals surface area contributed by atoms with Crippen LogP contribution in [-0.4, -0.2) is 31.1 Å². The molecule has 7 heteroatoms. The molecule has 1 unspecified atom stereocenters. The average molecular weight is 535 g/mol. The molecule has 202 valence electrons. The van der Waals surface area contributed by atoms with Gasteiger partial charge in [-0.25, -0.2) is 0 Å². The molecule has 0 fully saturated rings. The molecular formula is C33H30N2O5. The summed E-state index contributed by atoms with van der Waals surface area (Å²) >= 11 is 0. The maximum Gasteiger partial charge on any atom is 0.267 e. The molecular weight excluding hydrogens is 504 g/mol. The number of carbonyl (C=O) groups excluding carboxylic acids is 2. The van der Waals surface area contributed by atoms with Crippen LogP contribution in [0, 0.1) is 0 Å². The first-order valence-electron chi connectivity index (χ1n) is 13.1. The highest BCUT2D eigenvalue weighted by Gasteiger charge is 2.31. The van der Waals surface area contributed by atoms with Gasteiger partial charge in [-0.05, 0) is 66.6 Å². The van der Waals surface area contributed by atoms with Gasteiger partial charge in [-0.3, -0.25) is 9.59 Å². The molecule has 0 aliphatic carbocycles. The summed E-state index contributed by atoms with van der Waals surface area (Å²) in [6, 6.07) is 32.2. The number of anilines is 2. The molecule has 4 aromatic rings. The molecule has 1 atom stereocenters. The summed E-state index contributed by atoms with van der Waals surface area (Å²) in [5.74, 6) is 1.61. The van der Waals surface area contributed by atoms with Crippen LogP contribution in [0.15, 0.2) is 109 Å². The van der Waals surface area contributed by atoms with E-state index in [1.54, 1.807) is 36.1 Å². The van der Waals surface area contributed by atoms with Crippen molar-refractivity contribution in [3.63, 3.8) is 0 Å². The highest BCUT2D eigenvalue weighted by Crippen LogP contribution is 2.36. The van der Waals surface area contributed by atoms with E-state index in [4.69, 9.17) is 14.2 Å². The van der Waals surface area contributed by atoms with E-state index in [1.165, 1.54) is 6.08 Å². The van der Waals surface area contributed by atoms with Crippen LogP contribution in [0.5, 0.6) is 17.2 Å². The molecule has 0 spiro atoms. The predicted molar refractivity (Wildman–Crippen MR) is 156 cm³/mol. The minimum Gasteiger partial charge on any atom is -0.492 e. The zero-order valence-corrected chi connectivity index (χ0v) is 22.2. The normalized spacial score (nSPS) is 14.4. The quantitative estimate of drug-likeness (QED) is 0.249. The summed E-state index contributed by atoms with van der Waals surface area (Å²) in [5.41, 5.74) is 3.11. The fourth-order valence-electron chi connectivity index (χ4n) is 4.26. The first-order chi connectivity index (χ1) is 19.5. The second kappa shape index (κ2) is 12.7. The van der Waals surface area contributed by atoms with Crippen molar-refractivity contribution in [2.45, 2.75) is 19.6 Å². The van der Waals surface area contributed by atoms with Gasteiger partial charge in [0.2, 0.25) is 5.91 Å². The number of para-hydroxylation sites is 1. The Balaban J connectivity index is 1.19. The van der Waals surface area contributed by atoms with E-state index in [0.717, 1.165) is 22.6 Å². The van der Waals surface area contributed by atoms with Crippen molar-refractivity contribution < 1.29 is 23.8 Å². The summed E-state index contributed by atoms with van der Waals surface area (Å²) in [5, 5.41) is 2.87. The van der Waals surface area contributed by atoms with E-state index in [1.807, 2.05) is 84.9 Å². The minimum absolute atomic E-state index is 0.163. The van der Waals surface area contributed by atoms with Crippen molar-refractivity contribution in [3.8, 4) is 17.2 Å². The largest absolute Gasteiger partial charge is 0.492 e. The Bertz CT molecular complexity index is 1470. The fourth-order valence-corrected chi connectivity index (χ4v) is 4.26. The Labute approximate surface area is 233 Å². The first-order valence-corrected chi connectivity index (χ1v) is 13.1. The standard InChI is InChI=1S/C33H30N2O5/c1-24-33(37)35(20-21-38-28-10-6-3-7-11-28)30-22-27(15-18-31(30)40-24)34-32(36)19-14-25-12-16-29(17-13-25)39-23-26-8-4-2-5-9-26/h2-19,22,24H,20-21,23H2,1H3,(H,34,36)/b19-14+. The van der Waals surface area contributed by atoms with Crippen LogP contribution in [0.3, 0.4) is 0 Å². The molecule has 2 amide bonds. The summed E-state index contributed by atoms with van der Waals surface area (Å²) in [4.78, 5) is 27.2. The Kier molecular flexibility index (Phi) is 8.41. The molecule has 40 heavy (non-hydrogen) atoms. The number of amides is 2. The van der Waals surface area contributed by atoms with Gasteiger partial charge in [0.25, 0.3) is 5.91 Å². The molecule has 0 aromatic heterocycles. The second-order valence-electron chi connectivity index (χ2n) is 9.26. The van der Waals surface area contributed by atoms with Gasteiger partial charge in [-0.2, -0.15) is 0 Å². The maximum absolute atomic E-state index is 12.9. The average Bonchev–Trinajstić information content (AvgIpc) is 2.99. The predicted octanol–water partition coefficient (Wildman–Crippen LogP) is 6.11. The molecule has 1 heterocycles. The third kappa shape index (κ3) is 6.88. The van der Waals surface area contributed by atoms with Crippen molar-refractivity contribution in [2.75, 3.05) is 23.4 Å². The van der Waals surface area contributed by atoms with Crippen LogP contribution in [0.4, 0.5) is 11.4 Å². The number of fused-ring (bicyclic) bond motifs is 1. The molecule has 4 aromatic carbocycles. The Morgan fingerprint density at radius 1 is 0.900 bits per heavy atom. The first kappa shape index (κ1) is 26.6. The number of rotatable bonds is 10. The third-order valence-electron chi connectivity index (χ3n) is 6.32. The summed E-state index contributed by atoms with van der Waals surface area (Å²) in [6.45, 7) is 2.87. The molecule has 1 aliphatic rings. The van der Waals surface area contributed by atoms with Gasteiger partial charge in [-0.1, -0.05) is 60.7 Å². The SMILES string of the molecule is CC1Oc2ccc(NC(=O)/C=C/c3ccc(OCc4ccccc4)cc3)cc2N(CCOc2ccccc2)C1=O. The van der Waals surface area contributed by atoms with E-state index in [2.05, 4.69) is 5.32 Å². The van der Waals surface area contributed by atoms with Gasteiger partial charge in [-0.15, -0.1) is 0 Å². The monoisotopic (exact) mass is 534 g/mol. The van der Waals surface area contributed by atoms with Crippen molar-refractivity contribution in [3.05, 3.63) is 120 Å². The molecule has 5 rings (SSSR count). The van der Waals surface area contributed by atoms with Crippen LogP contribution in [-0.2, 0) is 16.2 Å². The molecule has 1 N–H and O–H groups in total. The smallest absolute Gasteiger partial charge is 0.267 e. The van der Waals surface area contributed by atoms with Crippen molar-refractivity contribution >= 4 is 29.3 Å². The highest BCUT2D eigenvalue weighted by atomic mass is 16.5. The van der Waals surface area contributed by atoms with Gasteiger partial charge >= 0.3 is 0 Å². The van der Waals surface area contributed by atoms with Gasteiger partial charge < -0.3 is 24.4 Å². The summed E-state index contributed by atoms with van der Waals surface area (Å²) in [6.07, 6.45) is 2.59. The molecule has 0 radical (unpaired) electrons. The second-order valence-corrected chi connectivity index (χ2v) is 9.26. The lowest BCUT2D eigenvalue weighted by atomic mass is 10.1. The number of benzene rings is 4. The Morgan fingerprint density at radius 3 is 2.35 bits per heavy atom. The number of hydrogen-bond donors (Lipinski definition) is 1. The molecule has 0 bridgehead atoms. The van der Waals surface area contributed by atoms with Crippen LogP contribution in [0.2, 0.25) is 0 Å². The van der Waals surface area contributed by atoms with Crippen LogP contribution in [0.25, 0.3) is 6.08 Å². The molecule has 7 nitrogen and oxygen atoms in total. The van der Waals surface area contributed by atoms with E-state index in [9.17, 15) is 9.59 Å². The lowest BCUT2D eigenvalue weighted by Crippen LogP contribution is -2.46. The van der Waals surface area contributed by atoms with Crippen molar-refractivity contribution in [1.29, 1.82) is 0 Å². The number of hydrogen-bond acceptors (Lipinski definition) is 5. The number of nitrogens with zero attached hydrogens (tertiary/aromatic N) is 1. The Hall–Kier alpha value is -5.04. The number of nitrogens with one attached hydrogen (secondary N) is 1. The van der Waals surface area contributed by atoms with Crippen molar-refractivity contribution in [1.82, 2.24) is 0 Å². The minimum atomic E-state index is -0.609. The van der Waals surface area contributed by atoms with E-state index >= 15 is 0 Å². The van der Waals surface area contributed by atoms with E-state index in [-0.39, 0.29) is 11.8 Å². The zero-order valence-electron chi connectivity index (χ0n) is 22.2. The van der Waals surface area contributed by atoms with Crippen molar-refractivity contribution in [2.24, 2.45) is 0 Å².